The van der Waals surface area contributed by atoms with Crippen molar-refractivity contribution in [2.45, 2.75) is 30.8 Å². The van der Waals surface area contributed by atoms with Crippen molar-refractivity contribution in [2.24, 2.45) is 0 Å². The quantitative estimate of drug-likeness (QED) is 0.660. The molecule has 0 saturated heterocycles. The van der Waals surface area contributed by atoms with Crippen molar-refractivity contribution in [3.8, 4) is 0 Å². The molecule has 0 radical (unpaired) electrons. The van der Waals surface area contributed by atoms with Crippen LogP contribution in [0.5, 0.6) is 0 Å². The summed E-state index contributed by atoms with van der Waals surface area (Å²) in [5, 5.41) is 3.52. The van der Waals surface area contributed by atoms with E-state index in [1.165, 1.54) is 10.4 Å². The molecular formula is C16H19N3S2. The van der Waals surface area contributed by atoms with E-state index in [1.807, 2.05) is 0 Å². The van der Waals surface area contributed by atoms with Gasteiger partial charge in [-0.25, -0.2) is 4.98 Å². The Morgan fingerprint density at radius 2 is 2.24 bits per heavy atom. The molecular weight excluding hydrogens is 298 g/mol. The number of aromatic nitrogens is 2. The lowest BCUT2D eigenvalue weighted by Crippen LogP contribution is -2.06. The molecule has 110 valence electrons. The van der Waals surface area contributed by atoms with Crippen LogP contribution in [0.4, 0.5) is 5.69 Å². The van der Waals surface area contributed by atoms with Gasteiger partial charge in [-0.15, -0.1) is 11.3 Å². The maximum absolute atomic E-state index is 4.57. The third-order valence-corrected chi connectivity index (χ3v) is 5.41. The van der Waals surface area contributed by atoms with Crippen LogP contribution in [0.25, 0.3) is 10.2 Å². The van der Waals surface area contributed by atoms with Gasteiger partial charge in [0.15, 0.2) is 4.34 Å². The first-order valence-electron chi connectivity index (χ1n) is 7.12. The molecule has 0 fully saturated rings. The summed E-state index contributed by atoms with van der Waals surface area (Å²) >= 11 is 3.46. The number of nitrogens with zero attached hydrogens (tertiary/aromatic N) is 2. The van der Waals surface area contributed by atoms with E-state index in [1.54, 1.807) is 23.1 Å². The fraction of sp³-hybridized carbons (Fsp3) is 0.312. The number of thioether (sulfide) groups is 1. The second-order valence-electron chi connectivity index (χ2n) is 4.91. The van der Waals surface area contributed by atoms with Gasteiger partial charge in [0.05, 0.1) is 16.8 Å². The van der Waals surface area contributed by atoms with E-state index in [2.05, 4.69) is 64.6 Å². The Bertz CT molecular complexity index is 730. The van der Waals surface area contributed by atoms with Crippen molar-refractivity contribution in [3.05, 3.63) is 42.2 Å². The summed E-state index contributed by atoms with van der Waals surface area (Å²) in [5.74, 6) is 0. The minimum Gasteiger partial charge on any atom is -0.379 e. The lowest BCUT2D eigenvalue weighted by molar-refractivity contribution is 0.654. The first-order chi connectivity index (χ1) is 10.3. The van der Waals surface area contributed by atoms with Crippen molar-refractivity contribution < 1.29 is 0 Å². The Labute approximate surface area is 133 Å². The van der Waals surface area contributed by atoms with Gasteiger partial charge in [0.1, 0.15) is 0 Å². The zero-order valence-corrected chi connectivity index (χ0v) is 13.9. The molecule has 0 aliphatic rings. The summed E-state index contributed by atoms with van der Waals surface area (Å²) < 4.78 is 4.68. The van der Waals surface area contributed by atoms with Crippen LogP contribution in [0.3, 0.4) is 0 Å². The maximum atomic E-state index is 4.57. The van der Waals surface area contributed by atoms with Gasteiger partial charge in [-0.05, 0) is 43.0 Å². The van der Waals surface area contributed by atoms with E-state index in [-0.39, 0.29) is 0 Å². The molecule has 0 aliphatic heterocycles. The number of aryl methyl sites for hydroxylation is 1. The zero-order valence-electron chi connectivity index (χ0n) is 12.3. The minimum absolute atomic E-state index is 0.854. The number of hydrogen-bond acceptors (Lipinski definition) is 4. The average molecular weight is 317 g/mol. The summed E-state index contributed by atoms with van der Waals surface area (Å²) in [6.07, 6.45) is 5.38. The average Bonchev–Trinajstić information content (AvgIpc) is 3.11. The van der Waals surface area contributed by atoms with Gasteiger partial charge in [-0.2, -0.15) is 0 Å². The fourth-order valence-corrected chi connectivity index (χ4v) is 3.89. The molecule has 21 heavy (non-hydrogen) atoms. The van der Waals surface area contributed by atoms with Crippen molar-refractivity contribution in [3.63, 3.8) is 0 Å². The van der Waals surface area contributed by atoms with E-state index >= 15 is 0 Å². The largest absolute Gasteiger partial charge is 0.379 e. The number of nitrogens with one attached hydrogen (secondary N) is 1. The van der Waals surface area contributed by atoms with Crippen LogP contribution in [0.2, 0.25) is 0 Å². The van der Waals surface area contributed by atoms with Crippen molar-refractivity contribution in [1.82, 2.24) is 9.55 Å². The topological polar surface area (TPSA) is 29.9 Å². The predicted molar refractivity (Wildman–Crippen MR) is 93.5 cm³/mol. The lowest BCUT2D eigenvalue weighted by Gasteiger charge is -2.10. The fourth-order valence-electron chi connectivity index (χ4n) is 2.36. The van der Waals surface area contributed by atoms with Crippen molar-refractivity contribution in [1.29, 1.82) is 0 Å². The van der Waals surface area contributed by atoms with Crippen LogP contribution in [-0.4, -0.2) is 15.8 Å². The molecule has 1 aromatic carbocycles. The van der Waals surface area contributed by atoms with Crippen LogP contribution in [0.1, 0.15) is 19.0 Å². The number of benzene rings is 1. The van der Waals surface area contributed by atoms with Crippen LogP contribution in [0.15, 0.2) is 40.9 Å². The molecule has 0 amide bonds. The molecule has 5 heteroatoms. The van der Waals surface area contributed by atoms with Crippen LogP contribution >= 0.6 is 23.1 Å². The highest BCUT2D eigenvalue weighted by Gasteiger charge is 2.05. The molecule has 0 aliphatic carbocycles. The normalized spacial score (nSPS) is 11.1. The Morgan fingerprint density at radius 1 is 1.33 bits per heavy atom. The van der Waals surface area contributed by atoms with Crippen molar-refractivity contribution >= 4 is 39.0 Å². The monoisotopic (exact) mass is 317 g/mol. The number of hydrogen-bond donors (Lipinski definition) is 1. The molecule has 3 aromatic rings. The number of anilines is 1. The Kier molecular flexibility index (Phi) is 4.51. The van der Waals surface area contributed by atoms with Gasteiger partial charge in [0.2, 0.25) is 0 Å². The van der Waals surface area contributed by atoms with Crippen LogP contribution in [-0.2, 0) is 13.1 Å². The van der Waals surface area contributed by atoms with E-state index < -0.39 is 0 Å². The maximum Gasteiger partial charge on any atom is 0.150 e. The second-order valence-corrected chi connectivity index (χ2v) is 7.00. The van der Waals surface area contributed by atoms with Crippen molar-refractivity contribution in [2.75, 3.05) is 11.6 Å². The summed E-state index contributed by atoms with van der Waals surface area (Å²) in [5.41, 5.74) is 3.57. The molecule has 3 nitrogen and oxygen atoms in total. The first-order valence-corrected chi connectivity index (χ1v) is 9.16. The standard InChI is InChI=1S/C16H19N3S2/c1-3-8-19-9-4-5-13(19)11-17-12-6-7-14-15(10-12)21-16(18-14)20-2/h4-7,9-10,17H,3,8,11H2,1-2H3. The number of rotatable bonds is 6. The van der Waals surface area contributed by atoms with Gasteiger partial charge >= 0.3 is 0 Å². The highest BCUT2D eigenvalue weighted by molar-refractivity contribution is 8.00. The number of thiazole rings is 1. The summed E-state index contributed by atoms with van der Waals surface area (Å²) in [4.78, 5) is 4.57. The van der Waals surface area contributed by atoms with Gasteiger partial charge < -0.3 is 9.88 Å². The second kappa shape index (κ2) is 6.54. The molecule has 1 N–H and O–H groups in total. The summed E-state index contributed by atoms with van der Waals surface area (Å²) in [6.45, 7) is 4.14. The van der Waals surface area contributed by atoms with E-state index in [0.29, 0.717) is 0 Å². The molecule has 0 bridgehead atoms. The third-order valence-electron chi connectivity index (χ3n) is 3.41. The molecule has 0 spiro atoms. The Balaban J connectivity index is 1.73. The Hall–Kier alpha value is -1.46. The summed E-state index contributed by atoms with van der Waals surface area (Å²) in [7, 11) is 0. The highest BCUT2D eigenvalue weighted by Crippen LogP contribution is 2.30. The third kappa shape index (κ3) is 3.24. The van der Waals surface area contributed by atoms with E-state index in [4.69, 9.17) is 0 Å². The van der Waals surface area contributed by atoms with Gasteiger partial charge in [-0.1, -0.05) is 18.7 Å². The first kappa shape index (κ1) is 14.5. The van der Waals surface area contributed by atoms with Gasteiger partial charge in [0, 0.05) is 24.1 Å². The van der Waals surface area contributed by atoms with Crippen LogP contribution < -0.4 is 5.32 Å². The zero-order chi connectivity index (χ0) is 14.7. The SMILES string of the molecule is CCCn1cccc1CNc1ccc2nc(SC)sc2c1. The minimum atomic E-state index is 0.854. The molecule has 0 unspecified atom stereocenters. The smallest absolute Gasteiger partial charge is 0.150 e. The highest BCUT2D eigenvalue weighted by atomic mass is 32.2. The Morgan fingerprint density at radius 3 is 3.05 bits per heavy atom. The lowest BCUT2D eigenvalue weighted by atomic mass is 10.3. The summed E-state index contributed by atoms with van der Waals surface area (Å²) in [6, 6.07) is 10.7. The van der Waals surface area contributed by atoms with E-state index in [9.17, 15) is 0 Å². The van der Waals surface area contributed by atoms with Gasteiger partial charge in [-0.3, -0.25) is 0 Å². The molecule has 3 rings (SSSR count). The number of fused-ring (bicyclic) bond motifs is 1. The van der Waals surface area contributed by atoms with Gasteiger partial charge in [0.25, 0.3) is 0 Å². The molecule has 0 saturated carbocycles. The molecule has 2 aromatic heterocycles. The predicted octanol–water partition coefficient (Wildman–Crippen LogP) is 4.84. The van der Waals surface area contributed by atoms with Crippen LogP contribution in [0, 0.1) is 0 Å². The molecule has 0 atom stereocenters. The van der Waals surface area contributed by atoms with E-state index in [0.717, 1.165) is 35.1 Å². The molecule has 2 heterocycles.